The van der Waals surface area contributed by atoms with Crippen LogP contribution in [0.1, 0.15) is 44.5 Å². The molecule has 0 saturated heterocycles. The number of benzene rings is 2. The Labute approximate surface area is 195 Å². The number of aromatic nitrogens is 1. The van der Waals surface area contributed by atoms with Crippen molar-refractivity contribution in [1.82, 2.24) is 15.6 Å². The van der Waals surface area contributed by atoms with Gasteiger partial charge in [0.05, 0.1) is 18.3 Å². The van der Waals surface area contributed by atoms with Crippen LogP contribution < -0.4 is 15.4 Å². The molecule has 1 atom stereocenters. The first kappa shape index (κ1) is 22.3. The second-order valence-electron chi connectivity index (χ2n) is 7.97. The summed E-state index contributed by atoms with van der Waals surface area (Å²) in [4.78, 5) is 9.40. The van der Waals surface area contributed by atoms with Gasteiger partial charge in [-0.2, -0.15) is 0 Å². The molecule has 2 N–H and O–H groups in total. The molecule has 0 aliphatic carbocycles. The molecular weight excluding hydrogens is 487 g/mol. The number of nitrogens with one attached hydrogen (secondary N) is 2. The van der Waals surface area contributed by atoms with E-state index in [9.17, 15) is 0 Å². The van der Waals surface area contributed by atoms with Crippen LogP contribution in [0.2, 0.25) is 0 Å². The topological polar surface area (TPSA) is 58.5 Å². The van der Waals surface area contributed by atoms with Gasteiger partial charge in [-0.05, 0) is 38.3 Å². The average molecular weight is 516 g/mol. The average Bonchev–Trinajstić information content (AvgIpc) is 2.71. The number of guanidine groups is 1. The molecule has 1 aliphatic rings. The largest absolute Gasteiger partial charge is 0.487 e. The van der Waals surface area contributed by atoms with Crippen molar-refractivity contribution in [2.75, 3.05) is 6.54 Å². The molecule has 30 heavy (non-hydrogen) atoms. The van der Waals surface area contributed by atoms with E-state index in [2.05, 4.69) is 60.7 Å². The Morgan fingerprint density at radius 2 is 1.90 bits per heavy atom. The summed E-state index contributed by atoms with van der Waals surface area (Å²) in [5, 5.41) is 9.33. The van der Waals surface area contributed by atoms with Gasteiger partial charge in [-0.25, -0.2) is 4.99 Å². The number of halogens is 1. The SMILES string of the molecule is CCNC(=NCc1nccc2ccccc12)NC1CC(C)(C)Oc2ccccc21.I. The number of hydrogen-bond acceptors (Lipinski definition) is 3. The molecule has 0 radical (unpaired) electrons. The Morgan fingerprint density at radius 1 is 1.13 bits per heavy atom. The molecule has 5 nitrogen and oxygen atoms in total. The van der Waals surface area contributed by atoms with Crippen molar-refractivity contribution < 1.29 is 4.74 Å². The van der Waals surface area contributed by atoms with Crippen molar-refractivity contribution in [3.05, 3.63) is 72.1 Å². The predicted octanol–water partition coefficient (Wildman–Crippen LogP) is 5.21. The Morgan fingerprint density at radius 3 is 2.73 bits per heavy atom. The van der Waals surface area contributed by atoms with Crippen LogP contribution in [-0.2, 0) is 6.54 Å². The first-order valence-corrected chi connectivity index (χ1v) is 10.2. The molecule has 158 valence electrons. The van der Waals surface area contributed by atoms with E-state index in [0.29, 0.717) is 6.54 Å². The number of aliphatic imine (C=N–C) groups is 1. The molecular formula is C24H29IN4O. The molecule has 0 amide bonds. The molecule has 0 bridgehead atoms. The van der Waals surface area contributed by atoms with Crippen LogP contribution in [0.25, 0.3) is 10.8 Å². The molecule has 0 spiro atoms. The van der Waals surface area contributed by atoms with Gasteiger partial charge in [-0.15, -0.1) is 24.0 Å². The number of hydrogen-bond donors (Lipinski definition) is 2. The predicted molar refractivity (Wildman–Crippen MR) is 134 cm³/mol. The third-order valence-electron chi connectivity index (χ3n) is 5.17. The molecule has 0 saturated carbocycles. The summed E-state index contributed by atoms with van der Waals surface area (Å²) in [5.74, 6) is 1.73. The lowest BCUT2D eigenvalue weighted by Gasteiger charge is -2.38. The fourth-order valence-electron chi connectivity index (χ4n) is 3.88. The highest BCUT2D eigenvalue weighted by molar-refractivity contribution is 14.0. The van der Waals surface area contributed by atoms with E-state index in [1.165, 1.54) is 10.9 Å². The van der Waals surface area contributed by atoms with Crippen molar-refractivity contribution in [2.45, 2.75) is 45.4 Å². The summed E-state index contributed by atoms with van der Waals surface area (Å²) in [6.07, 6.45) is 2.71. The van der Waals surface area contributed by atoms with E-state index in [-0.39, 0.29) is 35.6 Å². The van der Waals surface area contributed by atoms with Gasteiger partial charge in [-0.3, -0.25) is 4.98 Å². The lowest BCUT2D eigenvalue weighted by Crippen LogP contribution is -2.45. The van der Waals surface area contributed by atoms with Crippen LogP contribution in [0.3, 0.4) is 0 Å². The summed E-state index contributed by atoms with van der Waals surface area (Å²) in [5.41, 5.74) is 1.91. The minimum absolute atomic E-state index is 0. The summed E-state index contributed by atoms with van der Waals surface area (Å²) >= 11 is 0. The fourth-order valence-corrected chi connectivity index (χ4v) is 3.88. The molecule has 6 heteroatoms. The quantitative estimate of drug-likeness (QED) is 0.284. The molecule has 2 heterocycles. The zero-order valence-electron chi connectivity index (χ0n) is 17.7. The molecule has 1 unspecified atom stereocenters. The lowest BCUT2D eigenvalue weighted by molar-refractivity contribution is 0.0694. The summed E-state index contributed by atoms with van der Waals surface area (Å²) in [7, 11) is 0. The zero-order valence-corrected chi connectivity index (χ0v) is 20.0. The van der Waals surface area contributed by atoms with E-state index < -0.39 is 0 Å². The van der Waals surface area contributed by atoms with Crippen molar-refractivity contribution in [1.29, 1.82) is 0 Å². The van der Waals surface area contributed by atoms with Crippen molar-refractivity contribution >= 4 is 40.7 Å². The Hall–Kier alpha value is -2.35. The minimum Gasteiger partial charge on any atom is -0.487 e. The van der Waals surface area contributed by atoms with E-state index in [0.717, 1.165) is 35.8 Å². The molecule has 3 aromatic rings. The Balaban J connectivity index is 0.00000256. The monoisotopic (exact) mass is 516 g/mol. The number of ether oxygens (including phenoxy) is 1. The van der Waals surface area contributed by atoms with Gasteiger partial charge in [0, 0.05) is 30.1 Å². The zero-order chi connectivity index (χ0) is 20.3. The van der Waals surface area contributed by atoms with E-state index in [4.69, 9.17) is 9.73 Å². The minimum atomic E-state index is -0.236. The molecule has 2 aromatic carbocycles. The normalized spacial score (nSPS) is 17.4. The molecule has 1 aromatic heterocycles. The maximum absolute atomic E-state index is 6.16. The van der Waals surface area contributed by atoms with Gasteiger partial charge in [0.25, 0.3) is 0 Å². The highest BCUT2D eigenvalue weighted by Crippen LogP contribution is 2.39. The van der Waals surface area contributed by atoms with Crippen molar-refractivity contribution in [2.24, 2.45) is 4.99 Å². The Bertz CT molecular complexity index is 1030. The van der Waals surface area contributed by atoms with Gasteiger partial charge in [0.15, 0.2) is 5.96 Å². The maximum atomic E-state index is 6.16. The second-order valence-corrected chi connectivity index (χ2v) is 7.97. The number of rotatable bonds is 4. The van der Waals surface area contributed by atoms with Crippen LogP contribution in [0, 0.1) is 0 Å². The highest BCUT2D eigenvalue weighted by Gasteiger charge is 2.33. The standard InChI is InChI=1S/C24H28N4O.HI/c1-4-25-23(27-16-21-18-10-6-5-9-17(18)13-14-26-21)28-20-15-24(2,3)29-22-12-8-7-11-19(20)22;/h5-14,20H,4,15-16H2,1-3H3,(H2,25,27,28);1H. The van der Waals surface area contributed by atoms with E-state index in [1.807, 2.05) is 36.5 Å². The molecule has 4 rings (SSSR count). The van der Waals surface area contributed by atoms with Gasteiger partial charge >= 0.3 is 0 Å². The number of para-hydroxylation sites is 1. The van der Waals surface area contributed by atoms with E-state index >= 15 is 0 Å². The van der Waals surface area contributed by atoms with Gasteiger partial charge in [-0.1, -0.05) is 42.5 Å². The lowest BCUT2D eigenvalue weighted by atomic mass is 9.90. The van der Waals surface area contributed by atoms with Crippen LogP contribution in [0.5, 0.6) is 5.75 Å². The van der Waals surface area contributed by atoms with Gasteiger partial charge in [0.1, 0.15) is 11.4 Å². The van der Waals surface area contributed by atoms with E-state index in [1.54, 1.807) is 0 Å². The van der Waals surface area contributed by atoms with Crippen LogP contribution in [0.15, 0.2) is 65.8 Å². The summed E-state index contributed by atoms with van der Waals surface area (Å²) in [6.45, 7) is 7.65. The van der Waals surface area contributed by atoms with Crippen molar-refractivity contribution in [3.8, 4) is 5.75 Å². The smallest absolute Gasteiger partial charge is 0.192 e. The highest BCUT2D eigenvalue weighted by atomic mass is 127. The first-order valence-electron chi connectivity index (χ1n) is 10.2. The van der Waals surface area contributed by atoms with Crippen molar-refractivity contribution in [3.63, 3.8) is 0 Å². The molecule has 1 aliphatic heterocycles. The van der Waals surface area contributed by atoms with Gasteiger partial charge in [0.2, 0.25) is 0 Å². The maximum Gasteiger partial charge on any atom is 0.192 e. The number of nitrogens with zero attached hydrogens (tertiary/aromatic N) is 2. The van der Waals surface area contributed by atoms with Crippen LogP contribution in [-0.4, -0.2) is 23.1 Å². The summed E-state index contributed by atoms with van der Waals surface area (Å²) < 4.78 is 6.16. The summed E-state index contributed by atoms with van der Waals surface area (Å²) in [6, 6.07) is 18.7. The number of pyridine rings is 1. The Kier molecular flexibility index (Phi) is 7.18. The third-order valence-corrected chi connectivity index (χ3v) is 5.17. The third kappa shape index (κ3) is 5.03. The van der Waals surface area contributed by atoms with Crippen LogP contribution >= 0.6 is 24.0 Å². The molecule has 0 fully saturated rings. The number of fused-ring (bicyclic) bond motifs is 2. The first-order chi connectivity index (χ1) is 14.1. The fraction of sp³-hybridized carbons (Fsp3) is 0.333. The van der Waals surface area contributed by atoms with Gasteiger partial charge < -0.3 is 15.4 Å². The second kappa shape index (κ2) is 9.64. The van der Waals surface area contributed by atoms with Crippen LogP contribution in [0.4, 0.5) is 0 Å².